The summed E-state index contributed by atoms with van der Waals surface area (Å²) in [6, 6.07) is 0.770. The van der Waals surface area contributed by atoms with E-state index in [4.69, 9.17) is 0 Å². The van der Waals surface area contributed by atoms with Crippen molar-refractivity contribution in [2.75, 3.05) is 13.6 Å². The van der Waals surface area contributed by atoms with Crippen molar-refractivity contribution in [2.24, 2.45) is 0 Å². The molecule has 0 saturated carbocycles. The van der Waals surface area contributed by atoms with Gasteiger partial charge in [-0.2, -0.15) is 0 Å². The van der Waals surface area contributed by atoms with Crippen LogP contribution in [-0.4, -0.2) is 24.5 Å². The minimum Gasteiger partial charge on any atom is -0.304 e. The third kappa shape index (κ3) is 5.25. The molecule has 0 amide bonds. The molecule has 1 heteroatoms. The van der Waals surface area contributed by atoms with Crippen LogP contribution in [0.3, 0.4) is 0 Å². The van der Waals surface area contributed by atoms with Gasteiger partial charge in [-0.15, -0.1) is 0 Å². The third-order valence-corrected chi connectivity index (χ3v) is 2.48. The average molecular weight is 157 g/mol. The lowest BCUT2D eigenvalue weighted by Gasteiger charge is -2.22. The molecule has 0 aromatic heterocycles. The fraction of sp³-hybridized carbons (Fsp3) is 1.00. The van der Waals surface area contributed by atoms with Gasteiger partial charge in [0.15, 0.2) is 0 Å². The second kappa shape index (κ2) is 6.66. The van der Waals surface area contributed by atoms with Crippen LogP contribution in [0.1, 0.15) is 46.5 Å². The predicted molar refractivity (Wildman–Crippen MR) is 51.9 cm³/mol. The normalized spacial score (nSPS) is 13.9. The third-order valence-electron chi connectivity index (χ3n) is 2.48. The van der Waals surface area contributed by atoms with Crippen LogP contribution in [0.15, 0.2) is 0 Å². The van der Waals surface area contributed by atoms with Crippen LogP contribution in [0.25, 0.3) is 0 Å². The lowest BCUT2D eigenvalue weighted by atomic mass is 10.1. The number of nitrogens with zero attached hydrogens (tertiary/aromatic N) is 1. The topological polar surface area (TPSA) is 3.24 Å². The van der Waals surface area contributed by atoms with Gasteiger partial charge in [-0.25, -0.2) is 0 Å². The number of hydrogen-bond acceptors (Lipinski definition) is 1. The summed E-state index contributed by atoms with van der Waals surface area (Å²) in [5.74, 6) is 0. The van der Waals surface area contributed by atoms with E-state index in [1.54, 1.807) is 0 Å². The summed E-state index contributed by atoms with van der Waals surface area (Å²) in [5, 5.41) is 0. The molecule has 1 atom stereocenters. The lowest BCUT2D eigenvalue weighted by molar-refractivity contribution is 0.253. The Morgan fingerprint density at radius 3 is 2.27 bits per heavy atom. The Balaban J connectivity index is 3.28. The average Bonchev–Trinajstić information content (AvgIpc) is 2.03. The highest BCUT2D eigenvalue weighted by Gasteiger charge is 2.04. The molecule has 0 aromatic carbocycles. The maximum Gasteiger partial charge on any atom is 0.00637 e. The summed E-state index contributed by atoms with van der Waals surface area (Å²) in [4.78, 5) is 2.41. The Kier molecular flexibility index (Phi) is 6.63. The van der Waals surface area contributed by atoms with Gasteiger partial charge >= 0.3 is 0 Å². The van der Waals surface area contributed by atoms with Gasteiger partial charge < -0.3 is 4.90 Å². The first kappa shape index (κ1) is 11.0. The van der Waals surface area contributed by atoms with Crippen LogP contribution in [0.4, 0.5) is 0 Å². The minimum absolute atomic E-state index is 0.770. The Morgan fingerprint density at radius 2 is 1.82 bits per heavy atom. The van der Waals surface area contributed by atoms with E-state index in [-0.39, 0.29) is 0 Å². The molecule has 0 rings (SSSR count). The van der Waals surface area contributed by atoms with Gasteiger partial charge in [0.05, 0.1) is 0 Å². The maximum absolute atomic E-state index is 2.41. The van der Waals surface area contributed by atoms with Crippen molar-refractivity contribution in [3.8, 4) is 0 Å². The van der Waals surface area contributed by atoms with Gasteiger partial charge in [0.25, 0.3) is 0 Å². The van der Waals surface area contributed by atoms with Crippen molar-refractivity contribution in [1.29, 1.82) is 0 Å². The Labute approximate surface area is 71.8 Å². The first-order valence-corrected chi connectivity index (χ1v) is 4.92. The quantitative estimate of drug-likeness (QED) is 0.536. The summed E-state index contributed by atoms with van der Waals surface area (Å²) >= 11 is 0. The van der Waals surface area contributed by atoms with Gasteiger partial charge in [0, 0.05) is 6.04 Å². The Bertz CT molecular complexity index is 80.9. The Hall–Kier alpha value is -0.0400. The highest BCUT2D eigenvalue weighted by molar-refractivity contribution is 4.60. The SMILES string of the molecule is CCCCC[C@@H](C)N(C)CC. The number of rotatable bonds is 6. The molecular weight excluding hydrogens is 134 g/mol. The van der Waals surface area contributed by atoms with Crippen LogP contribution in [-0.2, 0) is 0 Å². The van der Waals surface area contributed by atoms with Crippen molar-refractivity contribution in [3.05, 3.63) is 0 Å². The molecule has 0 fully saturated rings. The van der Waals surface area contributed by atoms with Crippen LogP contribution < -0.4 is 0 Å². The summed E-state index contributed by atoms with van der Waals surface area (Å²) in [6.07, 6.45) is 5.48. The van der Waals surface area contributed by atoms with Gasteiger partial charge in [0.1, 0.15) is 0 Å². The standard InChI is InChI=1S/C10H23N/c1-5-7-8-9-10(3)11(4)6-2/h10H,5-9H2,1-4H3/t10-/m1/s1. The molecule has 1 nitrogen and oxygen atoms in total. The first-order chi connectivity index (χ1) is 5.22. The molecular formula is C10H23N. The number of unbranched alkanes of at least 4 members (excludes halogenated alkanes) is 2. The van der Waals surface area contributed by atoms with Crippen LogP contribution in [0.2, 0.25) is 0 Å². The zero-order chi connectivity index (χ0) is 8.69. The smallest absolute Gasteiger partial charge is 0.00637 e. The van der Waals surface area contributed by atoms with Crippen molar-refractivity contribution in [1.82, 2.24) is 4.90 Å². The summed E-state index contributed by atoms with van der Waals surface area (Å²) in [6.45, 7) is 7.97. The highest BCUT2D eigenvalue weighted by atomic mass is 15.1. The van der Waals surface area contributed by atoms with Crippen LogP contribution in [0.5, 0.6) is 0 Å². The molecule has 0 aromatic rings. The van der Waals surface area contributed by atoms with Crippen molar-refractivity contribution in [3.63, 3.8) is 0 Å². The fourth-order valence-electron chi connectivity index (χ4n) is 1.22. The fourth-order valence-corrected chi connectivity index (χ4v) is 1.22. The van der Waals surface area contributed by atoms with Gasteiger partial charge in [-0.3, -0.25) is 0 Å². The zero-order valence-corrected chi connectivity index (χ0v) is 8.56. The van der Waals surface area contributed by atoms with Gasteiger partial charge in [0.2, 0.25) is 0 Å². The largest absolute Gasteiger partial charge is 0.304 e. The molecule has 0 N–H and O–H groups in total. The van der Waals surface area contributed by atoms with Crippen molar-refractivity contribution in [2.45, 2.75) is 52.5 Å². The van der Waals surface area contributed by atoms with E-state index in [9.17, 15) is 0 Å². The van der Waals surface area contributed by atoms with Crippen molar-refractivity contribution < 1.29 is 0 Å². The second-order valence-electron chi connectivity index (χ2n) is 3.42. The molecule has 0 aliphatic rings. The second-order valence-corrected chi connectivity index (χ2v) is 3.42. The molecule has 0 saturated heterocycles. The highest BCUT2D eigenvalue weighted by Crippen LogP contribution is 2.07. The molecule has 0 radical (unpaired) electrons. The molecule has 0 heterocycles. The monoisotopic (exact) mass is 157 g/mol. The minimum atomic E-state index is 0.770. The molecule has 0 aliphatic carbocycles. The van der Waals surface area contributed by atoms with E-state index >= 15 is 0 Å². The number of hydrogen-bond donors (Lipinski definition) is 0. The molecule has 0 unspecified atom stereocenters. The van der Waals surface area contributed by atoms with E-state index in [1.165, 1.54) is 32.2 Å². The van der Waals surface area contributed by atoms with Crippen LogP contribution in [0, 0.1) is 0 Å². The van der Waals surface area contributed by atoms with E-state index in [1.807, 2.05) is 0 Å². The van der Waals surface area contributed by atoms with E-state index in [0.29, 0.717) is 0 Å². The first-order valence-electron chi connectivity index (χ1n) is 4.92. The molecule has 0 aliphatic heterocycles. The zero-order valence-electron chi connectivity index (χ0n) is 8.56. The summed E-state index contributed by atoms with van der Waals surface area (Å²) in [5.41, 5.74) is 0. The maximum atomic E-state index is 2.41. The predicted octanol–water partition coefficient (Wildman–Crippen LogP) is 2.91. The van der Waals surface area contributed by atoms with Gasteiger partial charge in [-0.05, 0) is 26.9 Å². The van der Waals surface area contributed by atoms with Crippen molar-refractivity contribution >= 4 is 0 Å². The molecule has 0 spiro atoms. The van der Waals surface area contributed by atoms with Crippen LogP contribution >= 0.6 is 0 Å². The molecule has 68 valence electrons. The summed E-state index contributed by atoms with van der Waals surface area (Å²) in [7, 11) is 2.20. The lowest BCUT2D eigenvalue weighted by Crippen LogP contribution is -2.28. The Morgan fingerprint density at radius 1 is 1.18 bits per heavy atom. The van der Waals surface area contributed by atoms with E-state index in [2.05, 4.69) is 32.7 Å². The van der Waals surface area contributed by atoms with E-state index in [0.717, 1.165) is 6.04 Å². The van der Waals surface area contributed by atoms with E-state index < -0.39 is 0 Å². The summed E-state index contributed by atoms with van der Waals surface area (Å²) < 4.78 is 0. The van der Waals surface area contributed by atoms with Gasteiger partial charge in [-0.1, -0.05) is 33.1 Å². The molecule has 11 heavy (non-hydrogen) atoms. The molecule has 0 bridgehead atoms.